The minimum absolute atomic E-state index is 0.120. The van der Waals surface area contributed by atoms with Crippen LogP contribution in [0.5, 0.6) is 0 Å². The monoisotopic (exact) mass is 494 g/mol. The van der Waals surface area contributed by atoms with Crippen LogP contribution in [-0.4, -0.2) is 48.7 Å². The van der Waals surface area contributed by atoms with E-state index in [1.807, 2.05) is 83.9 Å². The third-order valence-electron chi connectivity index (χ3n) is 6.70. The highest BCUT2D eigenvalue weighted by Gasteiger charge is 2.34. The number of hydrazone groups is 1. The van der Waals surface area contributed by atoms with E-state index in [0.29, 0.717) is 55.1 Å². The van der Waals surface area contributed by atoms with Gasteiger partial charge in [0, 0.05) is 24.9 Å². The van der Waals surface area contributed by atoms with Gasteiger partial charge in [-0.2, -0.15) is 5.10 Å². The van der Waals surface area contributed by atoms with Gasteiger partial charge in [0.2, 0.25) is 5.76 Å². The van der Waals surface area contributed by atoms with Gasteiger partial charge in [-0.1, -0.05) is 60.7 Å². The Balaban J connectivity index is 1.33. The third-order valence-corrected chi connectivity index (χ3v) is 6.70. The summed E-state index contributed by atoms with van der Waals surface area (Å²) in [7, 11) is 0. The Hall–Kier alpha value is -4.43. The number of morpholine rings is 1. The van der Waals surface area contributed by atoms with E-state index >= 15 is 0 Å². The van der Waals surface area contributed by atoms with Crippen LogP contribution in [0.4, 0.5) is 11.4 Å². The summed E-state index contributed by atoms with van der Waals surface area (Å²) in [5.41, 5.74) is 3.25. The Morgan fingerprint density at radius 1 is 0.865 bits per heavy atom. The largest absolute Gasteiger partial charge is 0.449 e. The van der Waals surface area contributed by atoms with Gasteiger partial charge in [0.1, 0.15) is 17.0 Å². The minimum Gasteiger partial charge on any atom is -0.449 e. The lowest BCUT2D eigenvalue weighted by Gasteiger charge is -2.26. The third kappa shape index (κ3) is 4.47. The Morgan fingerprint density at radius 2 is 1.54 bits per heavy atom. The van der Waals surface area contributed by atoms with Crippen LogP contribution in [-0.2, 0) is 9.53 Å². The van der Waals surface area contributed by atoms with Crippen molar-refractivity contribution in [2.75, 3.05) is 36.6 Å². The van der Waals surface area contributed by atoms with Crippen molar-refractivity contribution in [3.8, 4) is 0 Å². The zero-order valence-corrected chi connectivity index (χ0v) is 20.2. The zero-order valence-electron chi connectivity index (χ0n) is 20.2. The number of furan rings is 1. The van der Waals surface area contributed by atoms with Gasteiger partial charge in [-0.15, -0.1) is 0 Å². The first kappa shape index (κ1) is 23.0. The molecular weight excluding hydrogens is 468 g/mol. The number of hydrogen-bond donors (Lipinski definition) is 1. The fraction of sp³-hybridized carbons (Fsp3) is 0.207. The molecule has 3 aromatic carbocycles. The molecule has 0 spiro atoms. The Kier molecular flexibility index (Phi) is 6.16. The van der Waals surface area contributed by atoms with Gasteiger partial charge in [0.05, 0.1) is 24.9 Å². The Morgan fingerprint density at radius 3 is 2.30 bits per heavy atom. The van der Waals surface area contributed by atoms with Crippen LogP contribution >= 0.6 is 0 Å². The van der Waals surface area contributed by atoms with Crippen molar-refractivity contribution >= 4 is 39.9 Å². The number of hydrogen-bond acceptors (Lipinski definition) is 6. The van der Waals surface area contributed by atoms with E-state index < -0.39 is 0 Å². The molecule has 186 valence electrons. The van der Waals surface area contributed by atoms with Crippen LogP contribution in [0.15, 0.2) is 94.4 Å². The van der Waals surface area contributed by atoms with E-state index in [-0.39, 0.29) is 23.6 Å². The van der Waals surface area contributed by atoms with E-state index in [4.69, 9.17) is 14.3 Å². The lowest BCUT2D eigenvalue weighted by atomic mass is 10.0. The van der Waals surface area contributed by atoms with E-state index in [9.17, 15) is 9.59 Å². The number of nitrogens with one attached hydrogen (secondary N) is 1. The summed E-state index contributed by atoms with van der Waals surface area (Å²) in [6, 6.07) is 27.0. The number of fused-ring (bicyclic) bond motifs is 1. The van der Waals surface area contributed by atoms with Crippen molar-refractivity contribution in [2.24, 2.45) is 5.10 Å². The maximum atomic E-state index is 13.6. The second-order valence-electron chi connectivity index (χ2n) is 9.02. The second kappa shape index (κ2) is 9.91. The van der Waals surface area contributed by atoms with Crippen LogP contribution in [0.25, 0.3) is 11.0 Å². The smallest absolute Gasteiger partial charge is 0.291 e. The molecule has 1 fully saturated rings. The molecule has 4 aromatic rings. The van der Waals surface area contributed by atoms with Gasteiger partial charge < -0.3 is 19.4 Å². The zero-order chi connectivity index (χ0) is 25.2. The van der Waals surface area contributed by atoms with Crippen molar-refractivity contribution in [1.82, 2.24) is 4.90 Å². The van der Waals surface area contributed by atoms with E-state index in [0.717, 1.165) is 11.3 Å². The van der Waals surface area contributed by atoms with Crippen LogP contribution in [0, 0.1) is 0 Å². The first-order valence-corrected chi connectivity index (χ1v) is 12.4. The summed E-state index contributed by atoms with van der Waals surface area (Å²) >= 11 is 0. The number of anilines is 2. The molecule has 1 saturated heterocycles. The minimum atomic E-state index is -0.359. The number of para-hydroxylation sites is 2. The molecule has 0 bridgehead atoms. The van der Waals surface area contributed by atoms with Gasteiger partial charge in [0.15, 0.2) is 0 Å². The number of rotatable bonds is 5. The summed E-state index contributed by atoms with van der Waals surface area (Å²) in [6.45, 7) is 1.89. The first-order chi connectivity index (χ1) is 18.2. The summed E-state index contributed by atoms with van der Waals surface area (Å²) in [5.74, 6) is -0.507. The lowest BCUT2D eigenvalue weighted by molar-refractivity contribution is -0.110. The summed E-state index contributed by atoms with van der Waals surface area (Å²) < 4.78 is 11.3. The van der Waals surface area contributed by atoms with E-state index in [1.165, 1.54) is 0 Å². The molecule has 8 nitrogen and oxygen atoms in total. The van der Waals surface area contributed by atoms with E-state index in [2.05, 4.69) is 5.32 Å². The topological polar surface area (TPSA) is 87.4 Å². The fourth-order valence-electron chi connectivity index (χ4n) is 4.82. The Bertz CT molecular complexity index is 1460. The summed E-state index contributed by atoms with van der Waals surface area (Å²) in [4.78, 5) is 28.6. The van der Waals surface area contributed by atoms with Crippen molar-refractivity contribution in [2.45, 2.75) is 12.5 Å². The molecule has 0 unspecified atom stereocenters. The van der Waals surface area contributed by atoms with Crippen LogP contribution in [0.1, 0.15) is 28.6 Å². The molecule has 37 heavy (non-hydrogen) atoms. The van der Waals surface area contributed by atoms with Crippen LogP contribution in [0.2, 0.25) is 0 Å². The normalized spacial score (nSPS) is 17.6. The number of carbonyl (C=O) groups is 2. The molecule has 6 rings (SSSR count). The van der Waals surface area contributed by atoms with Crippen molar-refractivity contribution in [1.29, 1.82) is 0 Å². The van der Waals surface area contributed by atoms with Crippen molar-refractivity contribution in [3.05, 3.63) is 96.3 Å². The molecule has 0 saturated carbocycles. The second-order valence-corrected chi connectivity index (χ2v) is 9.02. The molecule has 3 heterocycles. The molecule has 1 atom stereocenters. The highest BCUT2D eigenvalue weighted by Crippen LogP contribution is 2.36. The maximum absolute atomic E-state index is 13.6. The standard InChI is InChI=1S/C29H26N4O4/c34-28(23-19-24(20-9-3-1-4-10-20)33(31-23)21-11-5-2-6-12-21)30-26-22-13-7-8-14-25(22)37-27(26)29(35)32-15-17-36-18-16-32/h1-14,24H,15-19H2,(H,30,34)/t24-/m0/s1. The number of amides is 2. The van der Waals surface area contributed by atoms with Gasteiger partial charge >= 0.3 is 0 Å². The van der Waals surface area contributed by atoms with Crippen LogP contribution in [0.3, 0.4) is 0 Å². The molecular formula is C29H26N4O4. The molecule has 0 radical (unpaired) electrons. The van der Waals surface area contributed by atoms with Crippen LogP contribution < -0.4 is 10.3 Å². The molecule has 1 aromatic heterocycles. The highest BCUT2D eigenvalue weighted by atomic mass is 16.5. The molecule has 1 N–H and O–H groups in total. The van der Waals surface area contributed by atoms with Gasteiger partial charge in [0.25, 0.3) is 11.8 Å². The maximum Gasteiger partial charge on any atom is 0.291 e. The number of carbonyl (C=O) groups excluding carboxylic acids is 2. The molecule has 2 aliphatic rings. The number of nitrogens with zero attached hydrogens (tertiary/aromatic N) is 3. The Labute approximate surface area is 214 Å². The summed E-state index contributed by atoms with van der Waals surface area (Å²) in [6.07, 6.45) is 0.424. The average molecular weight is 495 g/mol. The predicted octanol–water partition coefficient (Wildman–Crippen LogP) is 4.85. The number of ether oxygens (including phenoxy) is 1. The van der Waals surface area contributed by atoms with Gasteiger partial charge in [-0.05, 0) is 29.8 Å². The van der Waals surface area contributed by atoms with E-state index in [1.54, 1.807) is 11.0 Å². The molecule has 2 aliphatic heterocycles. The average Bonchev–Trinajstić information content (AvgIpc) is 3.57. The number of benzene rings is 3. The molecule has 8 heteroatoms. The first-order valence-electron chi connectivity index (χ1n) is 12.4. The van der Waals surface area contributed by atoms with Crippen molar-refractivity contribution < 1.29 is 18.7 Å². The lowest BCUT2D eigenvalue weighted by Crippen LogP contribution is -2.40. The molecule has 2 amide bonds. The predicted molar refractivity (Wildman–Crippen MR) is 142 cm³/mol. The highest BCUT2D eigenvalue weighted by molar-refractivity contribution is 6.44. The van der Waals surface area contributed by atoms with Crippen molar-refractivity contribution in [3.63, 3.8) is 0 Å². The summed E-state index contributed by atoms with van der Waals surface area (Å²) in [5, 5.41) is 10.3. The molecule has 0 aliphatic carbocycles. The SMILES string of the molecule is O=C(Nc1c(C(=O)N2CCOCC2)oc2ccccc12)C1=NN(c2ccccc2)[C@H](c2ccccc2)C1. The quantitative estimate of drug-likeness (QED) is 0.429. The fourth-order valence-corrected chi connectivity index (χ4v) is 4.82. The van der Waals surface area contributed by atoms with Gasteiger partial charge in [-0.25, -0.2) is 0 Å². The van der Waals surface area contributed by atoms with Gasteiger partial charge in [-0.3, -0.25) is 14.6 Å².